The summed E-state index contributed by atoms with van der Waals surface area (Å²) in [7, 11) is 0. The molecule has 21 heavy (non-hydrogen) atoms. The fraction of sp³-hybridized carbons (Fsp3) is 0.133. The van der Waals surface area contributed by atoms with Crippen molar-refractivity contribution >= 4 is 45.8 Å². The van der Waals surface area contributed by atoms with E-state index in [-0.39, 0.29) is 5.91 Å². The summed E-state index contributed by atoms with van der Waals surface area (Å²) in [6, 6.07) is 8.98. The lowest BCUT2D eigenvalue weighted by molar-refractivity contribution is 0.102. The number of hydrogen-bond donors (Lipinski definition) is 1. The average molecular weight is 420 g/mol. The number of carbonyl (C=O) groups excluding carboxylic acids is 1. The zero-order chi connectivity index (χ0) is 15.4. The van der Waals surface area contributed by atoms with Gasteiger partial charge in [-0.3, -0.25) is 4.79 Å². The van der Waals surface area contributed by atoms with Gasteiger partial charge < -0.3 is 10.1 Å². The molecule has 0 unspecified atom stereocenters. The Bertz CT molecular complexity index is 679. The second-order valence-electron chi connectivity index (χ2n) is 4.16. The average Bonchev–Trinajstić information content (AvgIpc) is 2.45. The number of nitrogens with one attached hydrogen (secondary N) is 1. The number of halogens is 3. The van der Waals surface area contributed by atoms with E-state index in [2.05, 4.69) is 27.9 Å². The highest BCUT2D eigenvalue weighted by Gasteiger charge is 2.12. The molecule has 1 N–H and O–H groups in total. The molecule has 0 saturated carbocycles. The van der Waals surface area contributed by atoms with Crippen molar-refractivity contribution in [2.45, 2.75) is 6.92 Å². The number of hydrogen-bond acceptors (Lipinski definition) is 2. The minimum Gasteiger partial charge on any atom is -0.492 e. The maximum Gasteiger partial charge on any atom is 0.255 e. The summed E-state index contributed by atoms with van der Waals surface area (Å²) >= 11 is 8.08. The van der Waals surface area contributed by atoms with Crippen molar-refractivity contribution in [3.8, 4) is 5.75 Å². The Labute approximate surface area is 140 Å². The van der Waals surface area contributed by atoms with Crippen molar-refractivity contribution in [2.75, 3.05) is 11.9 Å². The van der Waals surface area contributed by atoms with Gasteiger partial charge in [0.05, 0.1) is 17.3 Å². The number of benzene rings is 2. The summed E-state index contributed by atoms with van der Waals surface area (Å²) < 4.78 is 19.4. The van der Waals surface area contributed by atoms with E-state index in [1.807, 2.05) is 0 Å². The Balaban J connectivity index is 2.24. The molecule has 0 aliphatic carbocycles. The van der Waals surface area contributed by atoms with Gasteiger partial charge in [-0.15, -0.1) is 0 Å². The van der Waals surface area contributed by atoms with E-state index in [1.54, 1.807) is 25.1 Å². The maximum absolute atomic E-state index is 13.2. The van der Waals surface area contributed by atoms with Crippen molar-refractivity contribution in [1.82, 2.24) is 0 Å². The molecule has 2 aromatic carbocycles. The third-order valence-electron chi connectivity index (χ3n) is 2.67. The highest BCUT2D eigenvalue weighted by molar-refractivity contribution is 14.1. The first-order valence-electron chi connectivity index (χ1n) is 6.20. The van der Waals surface area contributed by atoms with Gasteiger partial charge in [0.15, 0.2) is 0 Å². The van der Waals surface area contributed by atoms with E-state index in [4.69, 9.17) is 16.3 Å². The van der Waals surface area contributed by atoms with E-state index in [1.165, 1.54) is 18.2 Å². The molecule has 0 aliphatic rings. The first-order chi connectivity index (χ1) is 10.0. The molecule has 6 heteroatoms. The number of carbonyl (C=O) groups is 1. The van der Waals surface area contributed by atoms with Crippen LogP contribution in [0.4, 0.5) is 10.1 Å². The lowest BCUT2D eigenvalue weighted by Gasteiger charge is -2.12. The molecule has 0 radical (unpaired) electrons. The second-order valence-corrected chi connectivity index (χ2v) is 5.73. The van der Waals surface area contributed by atoms with Gasteiger partial charge in [0.1, 0.15) is 11.6 Å². The minimum absolute atomic E-state index is 0.294. The first-order valence-corrected chi connectivity index (χ1v) is 7.65. The molecule has 2 aromatic rings. The van der Waals surface area contributed by atoms with Crippen LogP contribution in [0, 0.1) is 9.39 Å². The van der Waals surface area contributed by atoms with E-state index in [0.29, 0.717) is 28.6 Å². The highest BCUT2D eigenvalue weighted by Crippen LogP contribution is 2.26. The molecule has 0 heterocycles. The van der Waals surface area contributed by atoms with Crippen molar-refractivity contribution in [1.29, 1.82) is 0 Å². The topological polar surface area (TPSA) is 38.3 Å². The Morgan fingerprint density at radius 3 is 2.76 bits per heavy atom. The molecular formula is C15H12ClFINO2. The number of ether oxygens (including phenoxy) is 1. The molecule has 2 rings (SSSR count). The summed E-state index contributed by atoms with van der Waals surface area (Å²) in [5, 5.41) is 3.20. The molecular weight excluding hydrogens is 408 g/mol. The fourth-order valence-corrected chi connectivity index (χ4v) is 2.22. The van der Waals surface area contributed by atoms with Gasteiger partial charge in [0.2, 0.25) is 0 Å². The predicted octanol–water partition coefficient (Wildman–Crippen LogP) is 4.73. The number of rotatable bonds is 4. The number of anilines is 1. The Morgan fingerprint density at radius 1 is 1.33 bits per heavy atom. The predicted molar refractivity (Wildman–Crippen MR) is 89.7 cm³/mol. The summed E-state index contributed by atoms with van der Waals surface area (Å²) in [5.41, 5.74) is 0.838. The fourth-order valence-electron chi connectivity index (χ4n) is 1.71. The zero-order valence-electron chi connectivity index (χ0n) is 11.1. The standard InChI is InChI=1S/C15H12ClFINO2/c1-2-21-14-8-10(17)4-6-13(14)19-15(20)9-3-5-12(18)11(16)7-9/h3-8H,2H2,1H3,(H,19,20). The Kier molecular flexibility index (Phi) is 5.41. The molecule has 110 valence electrons. The van der Waals surface area contributed by atoms with Crippen LogP contribution in [-0.4, -0.2) is 12.5 Å². The smallest absolute Gasteiger partial charge is 0.255 e. The monoisotopic (exact) mass is 419 g/mol. The van der Waals surface area contributed by atoms with E-state index < -0.39 is 5.82 Å². The van der Waals surface area contributed by atoms with E-state index in [0.717, 1.165) is 3.57 Å². The van der Waals surface area contributed by atoms with Gasteiger partial charge in [-0.05, 0) is 59.8 Å². The highest BCUT2D eigenvalue weighted by atomic mass is 127. The SMILES string of the molecule is CCOc1cc(F)ccc1NC(=O)c1ccc(I)c(Cl)c1. The van der Waals surface area contributed by atoms with Gasteiger partial charge in [0.25, 0.3) is 5.91 Å². The summed E-state index contributed by atoms with van der Waals surface area (Å²) in [5.74, 6) is -0.461. The minimum atomic E-state index is -0.422. The van der Waals surface area contributed by atoms with Gasteiger partial charge >= 0.3 is 0 Å². The van der Waals surface area contributed by atoms with Crippen molar-refractivity contribution in [3.05, 3.63) is 56.4 Å². The molecule has 0 atom stereocenters. The molecule has 1 amide bonds. The molecule has 0 spiro atoms. The first kappa shape index (κ1) is 16.0. The number of amides is 1. The van der Waals surface area contributed by atoms with Crippen LogP contribution in [0.25, 0.3) is 0 Å². The molecule has 0 fully saturated rings. The molecule has 3 nitrogen and oxygen atoms in total. The van der Waals surface area contributed by atoms with Crippen LogP contribution in [0.15, 0.2) is 36.4 Å². The summed E-state index contributed by atoms with van der Waals surface area (Å²) in [6.45, 7) is 2.16. The van der Waals surface area contributed by atoms with Crippen molar-refractivity contribution in [3.63, 3.8) is 0 Å². The summed E-state index contributed by atoms with van der Waals surface area (Å²) in [6.07, 6.45) is 0. The van der Waals surface area contributed by atoms with Gasteiger partial charge in [-0.1, -0.05) is 11.6 Å². The van der Waals surface area contributed by atoms with Crippen LogP contribution in [-0.2, 0) is 0 Å². The quantitative estimate of drug-likeness (QED) is 0.727. The lowest BCUT2D eigenvalue weighted by Crippen LogP contribution is -2.13. The largest absolute Gasteiger partial charge is 0.492 e. The van der Waals surface area contributed by atoms with Crippen LogP contribution in [0.2, 0.25) is 5.02 Å². The third kappa shape index (κ3) is 4.07. The molecule has 0 saturated heterocycles. The van der Waals surface area contributed by atoms with Crippen LogP contribution in [0.3, 0.4) is 0 Å². The van der Waals surface area contributed by atoms with E-state index in [9.17, 15) is 9.18 Å². The maximum atomic E-state index is 13.2. The van der Waals surface area contributed by atoms with Crippen molar-refractivity contribution in [2.24, 2.45) is 0 Å². The van der Waals surface area contributed by atoms with Crippen LogP contribution < -0.4 is 10.1 Å². The van der Waals surface area contributed by atoms with Gasteiger partial charge in [-0.25, -0.2) is 4.39 Å². The molecule has 0 aliphatic heterocycles. The van der Waals surface area contributed by atoms with Crippen LogP contribution >= 0.6 is 34.2 Å². The third-order valence-corrected chi connectivity index (χ3v) is 4.25. The molecule has 0 bridgehead atoms. The summed E-state index contributed by atoms with van der Waals surface area (Å²) in [4.78, 5) is 12.2. The van der Waals surface area contributed by atoms with Crippen LogP contribution in [0.1, 0.15) is 17.3 Å². The molecule has 0 aromatic heterocycles. The Morgan fingerprint density at radius 2 is 2.10 bits per heavy atom. The zero-order valence-corrected chi connectivity index (χ0v) is 14.0. The van der Waals surface area contributed by atoms with Gasteiger partial charge in [-0.2, -0.15) is 0 Å². The van der Waals surface area contributed by atoms with Gasteiger partial charge in [0, 0.05) is 15.2 Å². The Hall–Kier alpha value is -1.34. The van der Waals surface area contributed by atoms with E-state index >= 15 is 0 Å². The van der Waals surface area contributed by atoms with Crippen molar-refractivity contribution < 1.29 is 13.9 Å². The van der Waals surface area contributed by atoms with Crippen LogP contribution in [0.5, 0.6) is 5.75 Å². The lowest BCUT2D eigenvalue weighted by atomic mass is 10.2. The normalized spacial score (nSPS) is 10.3. The second kappa shape index (κ2) is 7.09.